The van der Waals surface area contributed by atoms with Crippen molar-refractivity contribution in [3.8, 4) is 0 Å². The molecule has 2 rings (SSSR count). The van der Waals surface area contributed by atoms with Crippen molar-refractivity contribution < 1.29 is 9.53 Å². The van der Waals surface area contributed by atoms with Crippen LogP contribution in [0.5, 0.6) is 0 Å². The molecule has 0 aromatic heterocycles. The maximum absolute atomic E-state index is 12.1. The monoisotopic (exact) mass is 196 g/mol. The van der Waals surface area contributed by atoms with Gasteiger partial charge >= 0.3 is 0 Å². The number of carbonyl (C=O) groups is 1. The van der Waals surface area contributed by atoms with E-state index in [4.69, 9.17) is 4.74 Å². The van der Waals surface area contributed by atoms with Crippen molar-refractivity contribution >= 4 is 5.78 Å². The Hall–Kier alpha value is -0.370. The zero-order chi connectivity index (χ0) is 10.2. The highest BCUT2D eigenvalue weighted by Gasteiger charge is 2.48. The third-order valence-electron chi connectivity index (χ3n) is 3.86. The molecule has 0 amide bonds. The highest BCUT2D eigenvalue weighted by Crippen LogP contribution is 2.42. The molecule has 2 fully saturated rings. The van der Waals surface area contributed by atoms with Crippen molar-refractivity contribution in [3.63, 3.8) is 0 Å². The van der Waals surface area contributed by atoms with Gasteiger partial charge < -0.3 is 4.74 Å². The number of ether oxygens (including phenoxy) is 1. The van der Waals surface area contributed by atoms with Crippen LogP contribution in [-0.4, -0.2) is 18.0 Å². The lowest BCUT2D eigenvalue weighted by molar-refractivity contribution is -0.169. The van der Waals surface area contributed by atoms with Gasteiger partial charge in [0.1, 0.15) is 5.60 Å². The average molecular weight is 196 g/mol. The normalized spacial score (nSPS) is 44.3. The van der Waals surface area contributed by atoms with Crippen molar-refractivity contribution in [3.05, 3.63) is 0 Å². The summed E-state index contributed by atoms with van der Waals surface area (Å²) in [5.41, 5.74) is -0.384. The molecular weight excluding hydrogens is 176 g/mol. The van der Waals surface area contributed by atoms with Crippen LogP contribution in [0.4, 0.5) is 0 Å². The van der Waals surface area contributed by atoms with Gasteiger partial charge in [0.25, 0.3) is 0 Å². The van der Waals surface area contributed by atoms with E-state index in [1.165, 1.54) is 0 Å². The standard InChI is InChI=1S/C12H20O2/c1-9-7-10(2)12(11(13)8-9)5-3-4-6-14-12/h9-10H,3-8H2,1-2H3. The van der Waals surface area contributed by atoms with E-state index in [9.17, 15) is 4.79 Å². The van der Waals surface area contributed by atoms with E-state index in [0.29, 0.717) is 17.6 Å². The summed E-state index contributed by atoms with van der Waals surface area (Å²) in [6.45, 7) is 5.13. The van der Waals surface area contributed by atoms with Gasteiger partial charge in [-0.15, -0.1) is 0 Å². The van der Waals surface area contributed by atoms with E-state index in [0.717, 1.165) is 38.7 Å². The molecule has 1 saturated heterocycles. The minimum Gasteiger partial charge on any atom is -0.367 e. The van der Waals surface area contributed by atoms with Crippen LogP contribution in [0.25, 0.3) is 0 Å². The molecule has 2 nitrogen and oxygen atoms in total. The number of Topliss-reactive ketones (excluding diaryl/α,β-unsaturated/α-hetero) is 1. The van der Waals surface area contributed by atoms with Gasteiger partial charge in [-0.2, -0.15) is 0 Å². The Balaban J connectivity index is 2.18. The van der Waals surface area contributed by atoms with E-state index in [1.807, 2.05) is 0 Å². The quantitative estimate of drug-likeness (QED) is 0.595. The van der Waals surface area contributed by atoms with Crippen LogP contribution in [0.2, 0.25) is 0 Å². The van der Waals surface area contributed by atoms with Crippen molar-refractivity contribution in [2.75, 3.05) is 6.61 Å². The molecule has 1 heterocycles. The molecule has 0 aromatic carbocycles. The summed E-state index contributed by atoms with van der Waals surface area (Å²) in [5, 5.41) is 0. The van der Waals surface area contributed by atoms with E-state index < -0.39 is 0 Å². The van der Waals surface area contributed by atoms with Crippen LogP contribution in [0.3, 0.4) is 0 Å². The molecule has 0 radical (unpaired) electrons. The number of hydrogen-bond donors (Lipinski definition) is 0. The maximum atomic E-state index is 12.1. The Labute approximate surface area is 86.0 Å². The summed E-state index contributed by atoms with van der Waals surface area (Å²) in [6.07, 6.45) is 5.11. The fourth-order valence-electron chi connectivity index (χ4n) is 3.07. The second-order valence-corrected chi connectivity index (χ2v) is 5.06. The fourth-order valence-corrected chi connectivity index (χ4v) is 3.07. The van der Waals surface area contributed by atoms with Crippen LogP contribution < -0.4 is 0 Å². The first-order valence-electron chi connectivity index (χ1n) is 5.82. The molecule has 2 aliphatic rings. The Morgan fingerprint density at radius 2 is 2.14 bits per heavy atom. The van der Waals surface area contributed by atoms with Crippen LogP contribution in [0.1, 0.15) is 46.0 Å². The smallest absolute Gasteiger partial charge is 0.165 e. The molecular formula is C12H20O2. The van der Waals surface area contributed by atoms with Gasteiger partial charge in [-0.1, -0.05) is 13.8 Å². The fraction of sp³-hybridized carbons (Fsp3) is 0.917. The lowest BCUT2D eigenvalue weighted by atomic mass is 9.68. The Morgan fingerprint density at radius 3 is 2.71 bits per heavy atom. The Kier molecular flexibility index (Phi) is 2.65. The summed E-state index contributed by atoms with van der Waals surface area (Å²) in [7, 11) is 0. The maximum Gasteiger partial charge on any atom is 0.165 e. The van der Waals surface area contributed by atoms with E-state index in [-0.39, 0.29) is 5.60 Å². The highest BCUT2D eigenvalue weighted by atomic mass is 16.5. The average Bonchev–Trinajstić information content (AvgIpc) is 2.16. The van der Waals surface area contributed by atoms with Gasteiger partial charge in [0.05, 0.1) is 0 Å². The molecule has 1 spiro atoms. The second kappa shape index (κ2) is 3.65. The first kappa shape index (κ1) is 10.2. The van der Waals surface area contributed by atoms with E-state index >= 15 is 0 Å². The van der Waals surface area contributed by atoms with E-state index in [1.54, 1.807) is 0 Å². The van der Waals surface area contributed by atoms with Crippen molar-refractivity contribution in [1.82, 2.24) is 0 Å². The van der Waals surface area contributed by atoms with E-state index in [2.05, 4.69) is 13.8 Å². The third kappa shape index (κ3) is 1.50. The zero-order valence-electron chi connectivity index (χ0n) is 9.21. The second-order valence-electron chi connectivity index (χ2n) is 5.06. The molecule has 80 valence electrons. The molecule has 1 aliphatic carbocycles. The van der Waals surface area contributed by atoms with Gasteiger partial charge in [0.15, 0.2) is 5.78 Å². The summed E-state index contributed by atoms with van der Waals surface area (Å²) >= 11 is 0. The molecule has 14 heavy (non-hydrogen) atoms. The summed E-state index contributed by atoms with van der Waals surface area (Å²) in [5.74, 6) is 1.33. The van der Waals surface area contributed by atoms with Crippen LogP contribution in [-0.2, 0) is 9.53 Å². The highest BCUT2D eigenvalue weighted by molar-refractivity contribution is 5.88. The summed E-state index contributed by atoms with van der Waals surface area (Å²) < 4.78 is 5.83. The minimum absolute atomic E-state index is 0.364. The number of carbonyl (C=O) groups excluding carboxylic acids is 1. The van der Waals surface area contributed by atoms with Gasteiger partial charge in [0, 0.05) is 13.0 Å². The third-order valence-corrected chi connectivity index (χ3v) is 3.86. The Morgan fingerprint density at radius 1 is 1.36 bits per heavy atom. The largest absolute Gasteiger partial charge is 0.367 e. The first-order chi connectivity index (χ1) is 6.65. The number of ketones is 1. The van der Waals surface area contributed by atoms with Gasteiger partial charge in [-0.25, -0.2) is 0 Å². The topological polar surface area (TPSA) is 26.3 Å². The summed E-state index contributed by atoms with van der Waals surface area (Å²) in [6, 6.07) is 0. The van der Waals surface area contributed by atoms with Crippen molar-refractivity contribution in [2.45, 2.75) is 51.6 Å². The molecule has 1 aliphatic heterocycles. The lowest BCUT2D eigenvalue weighted by Gasteiger charge is -2.45. The predicted octanol–water partition coefficient (Wildman–Crippen LogP) is 2.56. The molecule has 3 unspecified atom stereocenters. The van der Waals surface area contributed by atoms with Gasteiger partial charge in [-0.05, 0) is 37.5 Å². The molecule has 2 heteroatoms. The molecule has 0 N–H and O–H groups in total. The van der Waals surface area contributed by atoms with Crippen molar-refractivity contribution in [1.29, 1.82) is 0 Å². The van der Waals surface area contributed by atoms with Gasteiger partial charge in [-0.3, -0.25) is 4.79 Å². The predicted molar refractivity (Wildman–Crippen MR) is 55.1 cm³/mol. The SMILES string of the molecule is CC1CC(=O)C2(CCCCO2)C(C)C1. The molecule has 0 bridgehead atoms. The Bertz CT molecular complexity index is 228. The summed E-state index contributed by atoms with van der Waals surface area (Å²) in [4.78, 5) is 12.1. The van der Waals surface area contributed by atoms with Crippen LogP contribution in [0, 0.1) is 11.8 Å². The number of rotatable bonds is 0. The van der Waals surface area contributed by atoms with Crippen LogP contribution in [0.15, 0.2) is 0 Å². The van der Waals surface area contributed by atoms with Crippen LogP contribution >= 0.6 is 0 Å². The molecule has 1 saturated carbocycles. The van der Waals surface area contributed by atoms with Crippen molar-refractivity contribution in [2.24, 2.45) is 11.8 Å². The molecule has 3 atom stereocenters. The minimum atomic E-state index is -0.384. The molecule has 0 aromatic rings. The zero-order valence-corrected chi connectivity index (χ0v) is 9.21. The van der Waals surface area contributed by atoms with Gasteiger partial charge in [0.2, 0.25) is 0 Å². The first-order valence-corrected chi connectivity index (χ1v) is 5.82. The lowest BCUT2D eigenvalue weighted by Crippen LogP contribution is -2.53. The number of hydrogen-bond acceptors (Lipinski definition) is 2.